The van der Waals surface area contributed by atoms with E-state index < -0.39 is 0 Å². The number of rotatable bonds is 2. The quantitative estimate of drug-likeness (QED) is 0.871. The SMILES string of the molecule is C[C@@H]1O[C@H](CO)CN1c1ccc(C#N)c(Cl)c1. The summed E-state index contributed by atoms with van der Waals surface area (Å²) in [6.07, 6.45) is -0.268. The third kappa shape index (κ3) is 2.37. The van der Waals surface area contributed by atoms with Crippen LogP contribution in [0.2, 0.25) is 5.02 Å². The molecule has 1 aromatic rings. The van der Waals surface area contributed by atoms with E-state index in [0.717, 1.165) is 5.69 Å². The van der Waals surface area contributed by atoms with Crippen LogP contribution in [-0.4, -0.2) is 30.6 Å². The number of hydrogen-bond acceptors (Lipinski definition) is 4. The van der Waals surface area contributed by atoms with Crippen LogP contribution in [0, 0.1) is 11.3 Å². The van der Waals surface area contributed by atoms with Gasteiger partial charge in [0.2, 0.25) is 0 Å². The second-order valence-corrected chi connectivity index (χ2v) is 4.38. The van der Waals surface area contributed by atoms with Gasteiger partial charge in [-0.25, -0.2) is 0 Å². The van der Waals surface area contributed by atoms with E-state index in [0.29, 0.717) is 17.1 Å². The Hall–Kier alpha value is -1.28. The van der Waals surface area contributed by atoms with Crippen molar-refractivity contribution in [2.75, 3.05) is 18.1 Å². The third-order valence-electron chi connectivity index (χ3n) is 2.84. The Balaban J connectivity index is 2.24. The van der Waals surface area contributed by atoms with Crippen molar-refractivity contribution in [1.29, 1.82) is 5.26 Å². The molecule has 1 fully saturated rings. The van der Waals surface area contributed by atoms with Gasteiger partial charge in [-0.05, 0) is 25.1 Å². The molecule has 1 aliphatic rings. The minimum Gasteiger partial charge on any atom is -0.394 e. The van der Waals surface area contributed by atoms with Gasteiger partial charge in [-0.3, -0.25) is 0 Å². The molecule has 0 aromatic heterocycles. The number of aliphatic hydroxyl groups excluding tert-OH is 1. The summed E-state index contributed by atoms with van der Waals surface area (Å²) in [5, 5.41) is 18.3. The number of ether oxygens (including phenoxy) is 1. The first kappa shape index (κ1) is 12.2. The van der Waals surface area contributed by atoms with E-state index in [1.165, 1.54) is 0 Å². The Morgan fingerprint density at radius 3 is 2.94 bits per heavy atom. The number of benzene rings is 1. The summed E-state index contributed by atoms with van der Waals surface area (Å²) < 4.78 is 5.54. The second kappa shape index (κ2) is 4.92. The van der Waals surface area contributed by atoms with Crippen LogP contribution in [0.3, 0.4) is 0 Å². The molecule has 0 saturated carbocycles. The first-order chi connectivity index (χ1) is 8.15. The summed E-state index contributed by atoms with van der Waals surface area (Å²) in [7, 11) is 0. The van der Waals surface area contributed by atoms with Crippen molar-refractivity contribution in [3.05, 3.63) is 28.8 Å². The first-order valence-electron chi connectivity index (χ1n) is 5.38. The predicted octanol–water partition coefficient (Wildman–Crippen LogP) is 1.76. The van der Waals surface area contributed by atoms with Crippen molar-refractivity contribution in [2.24, 2.45) is 0 Å². The van der Waals surface area contributed by atoms with Crippen LogP contribution >= 0.6 is 11.6 Å². The van der Waals surface area contributed by atoms with E-state index in [1.807, 2.05) is 24.0 Å². The summed E-state index contributed by atoms with van der Waals surface area (Å²) in [5.41, 5.74) is 1.36. The topological polar surface area (TPSA) is 56.5 Å². The van der Waals surface area contributed by atoms with Crippen molar-refractivity contribution in [3.63, 3.8) is 0 Å². The van der Waals surface area contributed by atoms with Crippen molar-refractivity contribution in [2.45, 2.75) is 19.3 Å². The number of anilines is 1. The summed E-state index contributed by atoms with van der Waals surface area (Å²) >= 11 is 5.99. The van der Waals surface area contributed by atoms with Crippen molar-refractivity contribution in [3.8, 4) is 6.07 Å². The monoisotopic (exact) mass is 252 g/mol. The van der Waals surface area contributed by atoms with Crippen LogP contribution in [0.25, 0.3) is 0 Å². The molecule has 1 aliphatic heterocycles. The van der Waals surface area contributed by atoms with Crippen LogP contribution in [0.1, 0.15) is 12.5 Å². The van der Waals surface area contributed by atoms with E-state index >= 15 is 0 Å². The van der Waals surface area contributed by atoms with Gasteiger partial charge in [0, 0.05) is 12.2 Å². The van der Waals surface area contributed by atoms with Gasteiger partial charge in [0.15, 0.2) is 0 Å². The van der Waals surface area contributed by atoms with Gasteiger partial charge in [0.1, 0.15) is 18.4 Å². The van der Waals surface area contributed by atoms with Crippen molar-refractivity contribution >= 4 is 17.3 Å². The molecular formula is C12H13ClN2O2. The van der Waals surface area contributed by atoms with Crippen molar-refractivity contribution < 1.29 is 9.84 Å². The number of hydrogen-bond donors (Lipinski definition) is 1. The molecule has 90 valence electrons. The minimum absolute atomic E-state index is 0.00481. The van der Waals surface area contributed by atoms with Gasteiger partial charge >= 0.3 is 0 Å². The second-order valence-electron chi connectivity index (χ2n) is 3.97. The molecule has 0 bridgehead atoms. The molecule has 1 aromatic carbocycles. The summed E-state index contributed by atoms with van der Waals surface area (Å²) in [6.45, 7) is 2.55. The molecule has 1 saturated heterocycles. The Labute approximate surface area is 105 Å². The molecule has 2 atom stereocenters. The van der Waals surface area contributed by atoms with Gasteiger partial charge in [-0.1, -0.05) is 11.6 Å². The van der Waals surface area contributed by atoms with Crippen LogP contribution in [0.4, 0.5) is 5.69 Å². The molecule has 4 nitrogen and oxygen atoms in total. The van der Waals surface area contributed by atoms with Gasteiger partial charge in [0.25, 0.3) is 0 Å². The van der Waals surface area contributed by atoms with Crippen LogP contribution in [0.15, 0.2) is 18.2 Å². The van der Waals surface area contributed by atoms with Crippen LogP contribution in [0.5, 0.6) is 0 Å². The van der Waals surface area contributed by atoms with E-state index in [1.54, 1.807) is 12.1 Å². The minimum atomic E-state index is -0.167. The number of nitrogens with zero attached hydrogens (tertiary/aromatic N) is 2. The number of halogens is 1. The van der Waals surface area contributed by atoms with E-state index in [-0.39, 0.29) is 18.9 Å². The van der Waals surface area contributed by atoms with Gasteiger partial charge in [-0.2, -0.15) is 5.26 Å². The summed E-state index contributed by atoms with van der Waals surface area (Å²) in [6, 6.07) is 7.30. The first-order valence-corrected chi connectivity index (χ1v) is 5.76. The molecule has 0 radical (unpaired) electrons. The summed E-state index contributed by atoms with van der Waals surface area (Å²) in [4.78, 5) is 2.01. The smallest absolute Gasteiger partial charge is 0.127 e. The van der Waals surface area contributed by atoms with Gasteiger partial charge in [-0.15, -0.1) is 0 Å². The number of aliphatic hydroxyl groups is 1. The number of nitriles is 1. The van der Waals surface area contributed by atoms with Gasteiger partial charge in [0.05, 0.1) is 17.2 Å². The fourth-order valence-corrected chi connectivity index (χ4v) is 2.17. The van der Waals surface area contributed by atoms with E-state index in [2.05, 4.69) is 0 Å². The fraction of sp³-hybridized carbons (Fsp3) is 0.417. The molecule has 1 N–H and O–H groups in total. The molecule has 0 spiro atoms. The average molecular weight is 253 g/mol. The molecule has 17 heavy (non-hydrogen) atoms. The maximum absolute atomic E-state index is 9.06. The Morgan fingerprint density at radius 1 is 1.65 bits per heavy atom. The van der Waals surface area contributed by atoms with E-state index in [4.69, 9.17) is 26.7 Å². The zero-order valence-corrected chi connectivity index (χ0v) is 10.2. The standard InChI is InChI=1S/C12H13ClN2O2/c1-8-15(6-11(7-16)17-8)10-3-2-9(5-14)12(13)4-10/h2-4,8,11,16H,6-7H2,1H3/t8-,11-/m0/s1. The van der Waals surface area contributed by atoms with Crippen LogP contribution in [-0.2, 0) is 4.74 Å². The lowest BCUT2D eigenvalue weighted by molar-refractivity contribution is 0.0238. The fourth-order valence-electron chi connectivity index (χ4n) is 1.95. The largest absolute Gasteiger partial charge is 0.394 e. The molecule has 0 amide bonds. The maximum Gasteiger partial charge on any atom is 0.127 e. The van der Waals surface area contributed by atoms with Gasteiger partial charge < -0.3 is 14.7 Å². The van der Waals surface area contributed by atoms with Crippen molar-refractivity contribution in [1.82, 2.24) is 0 Å². The lowest BCUT2D eigenvalue weighted by atomic mass is 10.2. The molecule has 0 unspecified atom stereocenters. The highest BCUT2D eigenvalue weighted by molar-refractivity contribution is 6.32. The zero-order valence-electron chi connectivity index (χ0n) is 9.43. The molecule has 0 aliphatic carbocycles. The van der Waals surface area contributed by atoms with Crippen LogP contribution < -0.4 is 4.90 Å². The normalized spacial score (nSPS) is 23.8. The highest BCUT2D eigenvalue weighted by Crippen LogP contribution is 2.28. The summed E-state index contributed by atoms with van der Waals surface area (Å²) in [5.74, 6) is 0. The Morgan fingerprint density at radius 2 is 2.41 bits per heavy atom. The average Bonchev–Trinajstić information content (AvgIpc) is 2.70. The lowest BCUT2D eigenvalue weighted by Gasteiger charge is -2.22. The maximum atomic E-state index is 9.06. The molecule has 1 heterocycles. The zero-order chi connectivity index (χ0) is 12.4. The molecule has 2 rings (SSSR count). The molecular weight excluding hydrogens is 240 g/mol. The molecule has 5 heteroatoms. The Bertz CT molecular complexity index is 458. The van der Waals surface area contributed by atoms with E-state index in [9.17, 15) is 0 Å². The predicted molar refractivity (Wildman–Crippen MR) is 64.9 cm³/mol. The highest BCUT2D eigenvalue weighted by atomic mass is 35.5. The highest BCUT2D eigenvalue weighted by Gasteiger charge is 2.29. The third-order valence-corrected chi connectivity index (χ3v) is 3.15. The Kier molecular flexibility index (Phi) is 3.53. The lowest BCUT2D eigenvalue weighted by Crippen LogP contribution is -2.27.